The Hall–Kier alpha value is -0.740. The zero-order chi connectivity index (χ0) is 12.1. The molecule has 0 spiro atoms. The molecule has 0 unspecified atom stereocenters. The molecule has 2 nitrogen and oxygen atoms in total. The molecule has 1 aliphatic carbocycles. The first-order chi connectivity index (χ1) is 8.29. The van der Waals surface area contributed by atoms with Crippen LogP contribution in [0.5, 0.6) is 5.75 Å². The van der Waals surface area contributed by atoms with Crippen LogP contribution in [0.4, 0.5) is 4.39 Å². The summed E-state index contributed by atoms with van der Waals surface area (Å²) in [5.74, 6) is 1.55. The van der Waals surface area contributed by atoms with Crippen molar-refractivity contribution >= 4 is 11.8 Å². The van der Waals surface area contributed by atoms with Crippen molar-refractivity contribution in [1.29, 1.82) is 0 Å². The van der Waals surface area contributed by atoms with E-state index in [-0.39, 0.29) is 5.82 Å². The fraction of sp³-hybridized carbons (Fsp3) is 0.538. The Morgan fingerprint density at radius 3 is 3.00 bits per heavy atom. The van der Waals surface area contributed by atoms with Gasteiger partial charge in [-0.25, -0.2) is 4.39 Å². The average Bonchev–Trinajstić information content (AvgIpc) is 3.13. The van der Waals surface area contributed by atoms with Gasteiger partial charge < -0.3 is 10.1 Å². The second-order valence-corrected chi connectivity index (χ2v) is 5.23. The van der Waals surface area contributed by atoms with Gasteiger partial charge in [0.05, 0.1) is 6.61 Å². The van der Waals surface area contributed by atoms with Gasteiger partial charge in [0.2, 0.25) is 0 Å². The Bertz CT molecular complexity index is 368. The monoisotopic (exact) mass is 255 g/mol. The summed E-state index contributed by atoms with van der Waals surface area (Å²) in [6.45, 7) is 1.36. The summed E-state index contributed by atoms with van der Waals surface area (Å²) in [6, 6.07) is 5.36. The lowest BCUT2D eigenvalue weighted by atomic mass is 10.2. The number of halogens is 1. The summed E-state index contributed by atoms with van der Waals surface area (Å²) in [5.41, 5.74) is 0.915. The van der Waals surface area contributed by atoms with Gasteiger partial charge in [0.15, 0.2) is 0 Å². The van der Waals surface area contributed by atoms with Gasteiger partial charge in [-0.3, -0.25) is 0 Å². The van der Waals surface area contributed by atoms with E-state index < -0.39 is 0 Å². The first-order valence-corrected chi connectivity index (χ1v) is 7.32. The van der Waals surface area contributed by atoms with Crippen molar-refractivity contribution in [3.8, 4) is 5.75 Å². The minimum absolute atomic E-state index is 0.199. The van der Waals surface area contributed by atoms with Gasteiger partial charge in [-0.15, -0.1) is 0 Å². The van der Waals surface area contributed by atoms with Gasteiger partial charge in [0.1, 0.15) is 11.6 Å². The molecule has 2 rings (SSSR count). The molecular weight excluding hydrogens is 237 g/mol. The first-order valence-electron chi connectivity index (χ1n) is 5.93. The number of rotatable bonds is 7. The Morgan fingerprint density at radius 2 is 2.29 bits per heavy atom. The molecule has 1 saturated carbocycles. The molecule has 17 heavy (non-hydrogen) atoms. The van der Waals surface area contributed by atoms with Crippen LogP contribution in [-0.2, 0) is 6.54 Å². The lowest BCUT2D eigenvalue weighted by molar-refractivity contribution is 0.338. The quantitative estimate of drug-likeness (QED) is 0.757. The lowest BCUT2D eigenvalue weighted by Gasteiger charge is -2.11. The van der Waals surface area contributed by atoms with Crippen LogP contribution < -0.4 is 10.1 Å². The Balaban J connectivity index is 1.95. The minimum Gasteiger partial charge on any atom is -0.492 e. The Labute approximate surface area is 106 Å². The predicted octanol–water partition coefficient (Wildman–Crippen LogP) is 2.82. The molecule has 4 heteroatoms. The highest BCUT2D eigenvalue weighted by Gasteiger charge is 2.20. The van der Waals surface area contributed by atoms with Crippen molar-refractivity contribution in [3.63, 3.8) is 0 Å². The summed E-state index contributed by atoms with van der Waals surface area (Å²) in [4.78, 5) is 0. The maximum Gasteiger partial charge on any atom is 0.124 e. The number of hydrogen-bond donors (Lipinski definition) is 1. The normalized spacial score (nSPS) is 14.9. The molecule has 0 heterocycles. The second-order valence-electron chi connectivity index (χ2n) is 4.25. The fourth-order valence-electron chi connectivity index (χ4n) is 1.60. The SMILES string of the molecule is CSCCOc1ccc(F)cc1CNC1CC1. The average molecular weight is 255 g/mol. The number of nitrogens with one attached hydrogen (secondary N) is 1. The van der Waals surface area contributed by atoms with Crippen LogP contribution in [0, 0.1) is 5.82 Å². The van der Waals surface area contributed by atoms with Gasteiger partial charge in [0, 0.05) is 23.9 Å². The third-order valence-electron chi connectivity index (χ3n) is 2.73. The maximum absolute atomic E-state index is 13.2. The molecule has 0 radical (unpaired) electrons. The highest BCUT2D eigenvalue weighted by atomic mass is 32.2. The summed E-state index contributed by atoms with van der Waals surface area (Å²) < 4.78 is 18.8. The van der Waals surface area contributed by atoms with Gasteiger partial charge >= 0.3 is 0 Å². The Kier molecular flexibility index (Phi) is 4.68. The van der Waals surface area contributed by atoms with Crippen molar-refractivity contribution in [2.75, 3.05) is 18.6 Å². The standard InChI is InChI=1S/C13H18FNOS/c1-17-7-6-16-13-5-2-11(14)8-10(13)9-15-12-3-4-12/h2,5,8,12,15H,3-4,6-7,9H2,1H3. The van der Waals surface area contributed by atoms with Crippen molar-refractivity contribution in [2.45, 2.75) is 25.4 Å². The molecule has 0 atom stereocenters. The van der Waals surface area contributed by atoms with Crippen molar-refractivity contribution in [3.05, 3.63) is 29.6 Å². The zero-order valence-electron chi connectivity index (χ0n) is 10.0. The number of benzene rings is 1. The molecule has 1 aliphatic rings. The van der Waals surface area contributed by atoms with Crippen LogP contribution >= 0.6 is 11.8 Å². The van der Waals surface area contributed by atoms with Gasteiger partial charge in [-0.05, 0) is 37.3 Å². The van der Waals surface area contributed by atoms with E-state index >= 15 is 0 Å². The van der Waals surface area contributed by atoms with Gasteiger partial charge in [-0.2, -0.15) is 11.8 Å². The van der Waals surface area contributed by atoms with E-state index in [2.05, 4.69) is 5.32 Å². The second kappa shape index (κ2) is 6.26. The smallest absolute Gasteiger partial charge is 0.124 e. The number of ether oxygens (including phenoxy) is 1. The molecular formula is C13H18FNOS. The van der Waals surface area contributed by atoms with Crippen molar-refractivity contribution in [2.24, 2.45) is 0 Å². The molecule has 1 N–H and O–H groups in total. The van der Waals surface area contributed by atoms with Crippen LogP contribution in [0.25, 0.3) is 0 Å². The van der Waals surface area contributed by atoms with E-state index in [4.69, 9.17) is 4.74 Å². The van der Waals surface area contributed by atoms with E-state index in [9.17, 15) is 4.39 Å². The van der Waals surface area contributed by atoms with Crippen LogP contribution in [0.3, 0.4) is 0 Å². The van der Waals surface area contributed by atoms with Crippen LogP contribution in [0.15, 0.2) is 18.2 Å². The van der Waals surface area contributed by atoms with Gasteiger partial charge in [0.25, 0.3) is 0 Å². The third kappa shape index (κ3) is 4.21. The van der Waals surface area contributed by atoms with E-state index in [1.165, 1.54) is 18.9 Å². The lowest BCUT2D eigenvalue weighted by Crippen LogP contribution is -2.16. The van der Waals surface area contributed by atoms with E-state index in [0.717, 1.165) is 17.1 Å². The molecule has 0 saturated heterocycles. The van der Waals surface area contributed by atoms with Crippen LogP contribution in [0.1, 0.15) is 18.4 Å². The van der Waals surface area contributed by atoms with E-state index in [1.807, 2.05) is 6.26 Å². The van der Waals surface area contributed by atoms with Crippen molar-refractivity contribution < 1.29 is 9.13 Å². The largest absolute Gasteiger partial charge is 0.492 e. The molecule has 0 bridgehead atoms. The highest BCUT2D eigenvalue weighted by Crippen LogP contribution is 2.23. The molecule has 0 aliphatic heterocycles. The first kappa shape index (κ1) is 12.7. The van der Waals surface area contributed by atoms with Gasteiger partial charge in [-0.1, -0.05) is 0 Å². The number of hydrogen-bond acceptors (Lipinski definition) is 3. The predicted molar refractivity (Wildman–Crippen MR) is 70.1 cm³/mol. The topological polar surface area (TPSA) is 21.3 Å². The molecule has 0 amide bonds. The maximum atomic E-state index is 13.2. The number of thioether (sulfide) groups is 1. The summed E-state index contributed by atoms with van der Waals surface area (Å²) in [6.07, 6.45) is 4.51. The van der Waals surface area contributed by atoms with Crippen LogP contribution in [0.2, 0.25) is 0 Å². The summed E-state index contributed by atoms with van der Waals surface area (Å²) in [5, 5.41) is 3.38. The van der Waals surface area contributed by atoms with Crippen molar-refractivity contribution in [1.82, 2.24) is 5.32 Å². The molecule has 1 aromatic carbocycles. The molecule has 1 fully saturated rings. The Morgan fingerprint density at radius 1 is 1.47 bits per heavy atom. The molecule has 94 valence electrons. The van der Waals surface area contributed by atoms with Crippen LogP contribution in [-0.4, -0.2) is 24.7 Å². The fourth-order valence-corrected chi connectivity index (χ4v) is 1.85. The summed E-state index contributed by atoms with van der Waals surface area (Å²) in [7, 11) is 0. The molecule has 0 aromatic heterocycles. The third-order valence-corrected chi connectivity index (χ3v) is 3.30. The van der Waals surface area contributed by atoms with E-state index in [1.54, 1.807) is 23.9 Å². The van der Waals surface area contributed by atoms with E-state index in [0.29, 0.717) is 19.2 Å². The minimum atomic E-state index is -0.199. The summed E-state index contributed by atoms with van der Waals surface area (Å²) >= 11 is 1.74. The zero-order valence-corrected chi connectivity index (χ0v) is 10.9. The molecule has 1 aromatic rings. The highest BCUT2D eigenvalue weighted by molar-refractivity contribution is 7.98.